The molecule has 4 N–H and O–H groups in total. The fraction of sp³-hybridized carbons (Fsp3) is 0.680. The van der Waals surface area contributed by atoms with Gasteiger partial charge < -0.3 is 35.4 Å². The van der Waals surface area contributed by atoms with Gasteiger partial charge in [0.15, 0.2) is 6.29 Å². The number of aliphatic hydroxyl groups is 1. The molecule has 0 radical (unpaired) electrons. The van der Waals surface area contributed by atoms with Crippen LogP contribution in [0.4, 0.5) is 10.1 Å². The van der Waals surface area contributed by atoms with Crippen LogP contribution in [0.1, 0.15) is 50.7 Å². The number of rotatable bonds is 11. The molecule has 0 spiro atoms. The number of alkyl halides is 1. The Bertz CT molecular complexity index is 732. The molecule has 2 fully saturated rings. The second-order valence-electron chi connectivity index (χ2n) is 9.35. The predicted octanol–water partition coefficient (Wildman–Crippen LogP) is 2.91. The summed E-state index contributed by atoms with van der Waals surface area (Å²) < 4.78 is 25.0. The van der Waals surface area contributed by atoms with Crippen molar-refractivity contribution in [2.75, 3.05) is 45.4 Å². The number of nitrogens with two attached hydrogens (primary N) is 1. The highest BCUT2D eigenvalue weighted by atomic mass is 19.1. The molecule has 1 aromatic carbocycles. The molecule has 2 aliphatic heterocycles. The second kappa shape index (κ2) is 12.6. The highest BCUT2D eigenvalue weighted by molar-refractivity contribution is 5.48. The van der Waals surface area contributed by atoms with Gasteiger partial charge in [-0.25, -0.2) is 4.39 Å². The van der Waals surface area contributed by atoms with Gasteiger partial charge in [-0.2, -0.15) is 0 Å². The zero-order valence-electron chi connectivity index (χ0n) is 20.3. The van der Waals surface area contributed by atoms with E-state index >= 15 is 0 Å². The number of nitrogens with one attached hydrogen (secondary N) is 1. The minimum Gasteiger partial charge on any atom is -0.401 e. The van der Waals surface area contributed by atoms with Crippen molar-refractivity contribution in [3.8, 4) is 0 Å². The van der Waals surface area contributed by atoms with Crippen LogP contribution < -0.4 is 16.0 Å². The molecule has 1 unspecified atom stereocenters. The van der Waals surface area contributed by atoms with Crippen molar-refractivity contribution in [3.63, 3.8) is 0 Å². The summed E-state index contributed by atoms with van der Waals surface area (Å²) in [7, 11) is 3.64. The average Bonchev–Trinajstić information content (AvgIpc) is 3.34. The van der Waals surface area contributed by atoms with Crippen LogP contribution in [-0.2, 0) is 9.47 Å². The SMILES string of the molecule is COC(c1ccc(N2CCCC2)cc1)[C@@H](CF)N/C=C(\N)CCN(C)[C@H]1C[C@@H](C)O[C@@H](O)C1. The van der Waals surface area contributed by atoms with Gasteiger partial charge in [0.25, 0.3) is 0 Å². The van der Waals surface area contributed by atoms with Crippen molar-refractivity contribution in [1.29, 1.82) is 0 Å². The second-order valence-corrected chi connectivity index (χ2v) is 9.35. The van der Waals surface area contributed by atoms with Crippen molar-refractivity contribution in [3.05, 3.63) is 41.7 Å². The van der Waals surface area contributed by atoms with Crippen LogP contribution in [0, 0.1) is 0 Å². The highest BCUT2D eigenvalue weighted by Gasteiger charge is 2.28. The van der Waals surface area contributed by atoms with Crippen LogP contribution in [0.5, 0.6) is 0 Å². The zero-order valence-corrected chi connectivity index (χ0v) is 20.3. The number of nitrogens with zero attached hydrogens (tertiary/aromatic N) is 2. The highest BCUT2D eigenvalue weighted by Crippen LogP contribution is 2.26. The first kappa shape index (κ1) is 25.7. The van der Waals surface area contributed by atoms with Gasteiger partial charge >= 0.3 is 0 Å². The Morgan fingerprint density at radius 1 is 1.33 bits per heavy atom. The molecule has 186 valence electrons. The van der Waals surface area contributed by atoms with E-state index in [2.05, 4.69) is 27.2 Å². The number of hydrogen-bond donors (Lipinski definition) is 3. The van der Waals surface area contributed by atoms with Crippen molar-refractivity contribution < 1.29 is 19.0 Å². The maximum atomic E-state index is 13.9. The van der Waals surface area contributed by atoms with E-state index in [0.29, 0.717) is 18.5 Å². The molecule has 0 saturated carbocycles. The Balaban J connectivity index is 1.52. The van der Waals surface area contributed by atoms with E-state index in [4.69, 9.17) is 15.2 Å². The summed E-state index contributed by atoms with van der Waals surface area (Å²) in [5, 5.41) is 13.0. The molecular weight excluding hydrogens is 423 g/mol. The molecule has 0 aliphatic carbocycles. The lowest BCUT2D eigenvalue weighted by Gasteiger charge is -2.36. The van der Waals surface area contributed by atoms with E-state index in [-0.39, 0.29) is 12.1 Å². The quantitative estimate of drug-likeness (QED) is 0.464. The summed E-state index contributed by atoms with van der Waals surface area (Å²) >= 11 is 0. The summed E-state index contributed by atoms with van der Waals surface area (Å²) in [4.78, 5) is 4.58. The minimum atomic E-state index is -0.712. The maximum absolute atomic E-state index is 13.9. The lowest BCUT2D eigenvalue weighted by atomic mass is 10.0. The number of benzene rings is 1. The van der Waals surface area contributed by atoms with Gasteiger partial charge in [-0.15, -0.1) is 0 Å². The lowest BCUT2D eigenvalue weighted by molar-refractivity contribution is -0.173. The van der Waals surface area contributed by atoms with Crippen LogP contribution >= 0.6 is 0 Å². The molecule has 2 aliphatic rings. The molecule has 33 heavy (non-hydrogen) atoms. The van der Waals surface area contributed by atoms with Crippen molar-refractivity contribution in [2.24, 2.45) is 5.73 Å². The summed E-state index contributed by atoms with van der Waals surface area (Å²) in [6.45, 7) is 4.34. The number of halogens is 1. The van der Waals surface area contributed by atoms with E-state index in [0.717, 1.165) is 31.6 Å². The third-order valence-electron chi connectivity index (χ3n) is 6.80. The van der Waals surface area contributed by atoms with Crippen molar-refractivity contribution in [1.82, 2.24) is 10.2 Å². The van der Waals surface area contributed by atoms with Gasteiger partial charge in [-0.05, 0) is 50.9 Å². The summed E-state index contributed by atoms with van der Waals surface area (Å²) in [5.41, 5.74) is 9.00. The van der Waals surface area contributed by atoms with E-state index in [1.807, 2.05) is 26.1 Å². The molecule has 5 atom stereocenters. The number of hydrogen-bond acceptors (Lipinski definition) is 7. The van der Waals surface area contributed by atoms with Crippen molar-refractivity contribution in [2.45, 2.75) is 69.6 Å². The van der Waals surface area contributed by atoms with Gasteiger partial charge in [0.1, 0.15) is 12.8 Å². The molecule has 0 bridgehead atoms. The van der Waals surface area contributed by atoms with Crippen LogP contribution in [-0.4, -0.2) is 75.0 Å². The van der Waals surface area contributed by atoms with Gasteiger partial charge in [0, 0.05) is 63.2 Å². The van der Waals surface area contributed by atoms with E-state index in [1.54, 1.807) is 13.3 Å². The first-order chi connectivity index (χ1) is 15.9. The van der Waals surface area contributed by atoms with Crippen LogP contribution in [0.25, 0.3) is 0 Å². The fourth-order valence-corrected chi connectivity index (χ4v) is 4.82. The summed E-state index contributed by atoms with van der Waals surface area (Å²) in [6, 6.07) is 7.96. The normalized spacial score (nSPS) is 25.9. The van der Waals surface area contributed by atoms with E-state index < -0.39 is 25.1 Å². The van der Waals surface area contributed by atoms with Crippen molar-refractivity contribution >= 4 is 5.69 Å². The Morgan fingerprint density at radius 2 is 2.03 bits per heavy atom. The third-order valence-corrected chi connectivity index (χ3v) is 6.80. The summed E-state index contributed by atoms with van der Waals surface area (Å²) in [5.74, 6) is 0. The molecule has 2 heterocycles. The third kappa shape index (κ3) is 7.30. The Kier molecular flexibility index (Phi) is 9.79. The fourth-order valence-electron chi connectivity index (χ4n) is 4.82. The molecule has 7 nitrogen and oxygen atoms in total. The van der Waals surface area contributed by atoms with Crippen LogP contribution in [0.2, 0.25) is 0 Å². The molecule has 0 amide bonds. The van der Waals surface area contributed by atoms with Crippen LogP contribution in [0.15, 0.2) is 36.2 Å². The number of anilines is 1. The van der Waals surface area contributed by atoms with E-state index in [9.17, 15) is 9.50 Å². The number of methoxy groups -OCH3 is 1. The van der Waals surface area contributed by atoms with Gasteiger partial charge in [-0.1, -0.05) is 12.1 Å². The molecule has 8 heteroatoms. The molecule has 1 aromatic rings. The van der Waals surface area contributed by atoms with Crippen LogP contribution in [0.3, 0.4) is 0 Å². The first-order valence-corrected chi connectivity index (χ1v) is 12.1. The largest absolute Gasteiger partial charge is 0.401 e. The predicted molar refractivity (Wildman–Crippen MR) is 130 cm³/mol. The number of aliphatic hydroxyl groups excluding tert-OH is 1. The molecular formula is C25H41FN4O3. The first-order valence-electron chi connectivity index (χ1n) is 12.1. The molecule has 3 rings (SSSR count). The Hall–Kier alpha value is -1.87. The molecule has 0 aromatic heterocycles. The monoisotopic (exact) mass is 464 g/mol. The topological polar surface area (TPSA) is 83.2 Å². The zero-order chi connectivity index (χ0) is 23.8. The van der Waals surface area contributed by atoms with Gasteiger partial charge in [-0.3, -0.25) is 0 Å². The standard InChI is InChI=1S/C25H41FN4O3/c1-18-14-22(15-24(31)33-18)29(2)13-10-20(27)17-28-23(16-26)25(32-3)19-6-8-21(9-7-19)30-11-4-5-12-30/h6-9,17-18,22-25,28,31H,4-5,10-16,27H2,1-3H3/b20-17-/t18-,22+,23-,24-,25?/m1/s1. The lowest BCUT2D eigenvalue weighted by Crippen LogP contribution is -2.43. The maximum Gasteiger partial charge on any atom is 0.156 e. The Labute approximate surface area is 197 Å². The van der Waals surface area contributed by atoms with E-state index in [1.165, 1.54) is 18.5 Å². The van der Waals surface area contributed by atoms with Gasteiger partial charge in [0.05, 0.1) is 12.1 Å². The number of ether oxygens (including phenoxy) is 2. The molecule has 2 saturated heterocycles. The summed E-state index contributed by atoms with van der Waals surface area (Å²) in [6.07, 6.45) is 5.19. The average molecular weight is 465 g/mol. The van der Waals surface area contributed by atoms with Gasteiger partial charge in [0.2, 0.25) is 0 Å². The Morgan fingerprint density at radius 3 is 2.64 bits per heavy atom. The minimum absolute atomic E-state index is 0.0384. The smallest absolute Gasteiger partial charge is 0.156 e.